The number of hydrogen-bond donors (Lipinski definition) is 2. The number of ether oxygens (including phenoxy) is 1. The molecule has 1 unspecified atom stereocenters. The molecule has 2 saturated heterocycles. The molecule has 3 aliphatic rings. The molecule has 0 bridgehead atoms. The highest BCUT2D eigenvalue weighted by atomic mass is 35.5. The Bertz CT molecular complexity index is 828. The van der Waals surface area contributed by atoms with Crippen LogP contribution in [0.2, 0.25) is 5.02 Å². The van der Waals surface area contributed by atoms with Gasteiger partial charge in [-0.1, -0.05) is 30.9 Å². The third kappa shape index (κ3) is 7.12. The van der Waals surface area contributed by atoms with Gasteiger partial charge >= 0.3 is 5.91 Å². The highest BCUT2D eigenvalue weighted by molar-refractivity contribution is 6.33. The number of piperidine rings is 1. The van der Waals surface area contributed by atoms with Crippen LogP contribution < -0.4 is 10.8 Å². The van der Waals surface area contributed by atoms with Crippen molar-refractivity contribution in [3.8, 4) is 0 Å². The lowest BCUT2D eigenvalue weighted by molar-refractivity contribution is -0.199. The average Bonchev–Trinajstić information content (AvgIpc) is 2.85. The van der Waals surface area contributed by atoms with E-state index in [0.717, 1.165) is 44.8 Å². The number of anilines is 1. The second-order valence-electron chi connectivity index (χ2n) is 9.21. The van der Waals surface area contributed by atoms with Gasteiger partial charge in [-0.15, -0.1) is 0 Å². The van der Waals surface area contributed by atoms with Crippen LogP contribution in [0.5, 0.6) is 0 Å². The van der Waals surface area contributed by atoms with E-state index < -0.39 is 18.0 Å². The Hall–Kier alpha value is -1.74. The predicted molar refractivity (Wildman–Crippen MR) is 126 cm³/mol. The van der Waals surface area contributed by atoms with Gasteiger partial charge in [-0.25, -0.2) is 19.7 Å². The summed E-state index contributed by atoms with van der Waals surface area (Å²) in [7, 11) is 0. The fraction of sp³-hybridized carbons (Fsp3) is 0.667. The number of halogens is 2. The molecule has 2 aliphatic heterocycles. The zero-order valence-corrected chi connectivity index (χ0v) is 19.8. The summed E-state index contributed by atoms with van der Waals surface area (Å²) in [6, 6.07) is 2.59. The van der Waals surface area contributed by atoms with Crippen molar-refractivity contribution in [2.75, 3.05) is 25.0 Å². The summed E-state index contributed by atoms with van der Waals surface area (Å²) < 4.78 is 19.6. The highest BCUT2D eigenvalue weighted by Gasteiger charge is 2.27. The first kappa shape index (κ1) is 24.4. The van der Waals surface area contributed by atoms with Crippen LogP contribution in [0.15, 0.2) is 18.1 Å². The number of rotatable bonds is 7. The molecule has 33 heavy (non-hydrogen) atoms. The summed E-state index contributed by atoms with van der Waals surface area (Å²) in [6.45, 7) is 2.72. The number of pyridine rings is 1. The minimum Gasteiger partial charge on any atom is -0.365 e. The van der Waals surface area contributed by atoms with Crippen molar-refractivity contribution < 1.29 is 18.8 Å². The van der Waals surface area contributed by atoms with Gasteiger partial charge in [-0.3, -0.25) is 9.69 Å². The highest BCUT2D eigenvalue weighted by Crippen LogP contribution is 2.28. The van der Waals surface area contributed by atoms with Crippen LogP contribution in [-0.2, 0) is 14.4 Å². The Morgan fingerprint density at radius 2 is 2.00 bits per heavy atom. The molecule has 0 aromatic carbocycles. The molecule has 1 aromatic rings. The molecule has 182 valence electrons. The lowest BCUT2D eigenvalue weighted by atomic mass is 9.92. The fourth-order valence-corrected chi connectivity index (χ4v) is 5.15. The van der Waals surface area contributed by atoms with Crippen LogP contribution in [0, 0.1) is 0 Å². The summed E-state index contributed by atoms with van der Waals surface area (Å²) in [6.07, 6.45) is 13.5. The SMILES string of the molecule is O=C(NOC1CCCCO1)C(F)=Cc1cnc(N[C@@H]2CCCN(C3CCCCC3)C2)c(Cl)c1. The topological polar surface area (TPSA) is 75.7 Å². The minimum absolute atomic E-state index is 0.286. The van der Waals surface area contributed by atoms with E-state index in [-0.39, 0.29) is 6.04 Å². The number of hydroxylamine groups is 1. The first-order chi connectivity index (χ1) is 16.1. The average molecular weight is 481 g/mol. The maximum absolute atomic E-state index is 14.3. The van der Waals surface area contributed by atoms with Crippen molar-refractivity contribution in [3.63, 3.8) is 0 Å². The lowest BCUT2D eigenvalue weighted by Gasteiger charge is -2.40. The van der Waals surface area contributed by atoms with Crippen LogP contribution in [0.25, 0.3) is 6.08 Å². The van der Waals surface area contributed by atoms with Crippen molar-refractivity contribution in [1.29, 1.82) is 0 Å². The summed E-state index contributed by atoms with van der Waals surface area (Å²) >= 11 is 6.43. The van der Waals surface area contributed by atoms with E-state index in [1.54, 1.807) is 6.07 Å². The van der Waals surface area contributed by atoms with Crippen molar-refractivity contribution in [2.45, 2.75) is 82.6 Å². The minimum atomic E-state index is -0.986. The molecule has 1 saturated carbocycles. The molecular weight excluding hydrogens is 447 g/mol. The van der Waals surface area contributed by atoms with Crippen LogP contribution >= 0.6 is 11.6 Å². The maximum atomic E-state index is 14.3. The number of amides is 1. The monoisotopic (exact) mass is 480 g/mol. The second kappa shape index (κ2) is 12.1. The van der Waals surface area contributed by atoms with Gasteiger partial charge in [0.25, 0.3) is 0 Å². The van der Waals surface area contributed by atoms with Gasteiger partial charge in [0.05, 0.1) is 5.02 Å². The van der Waals surface area contributed by atoms with Crippen LogP contribution in [-0.4, -0.2) is 53.9 Å². The maximum Gasteiger partial charge on any atom is 0.303 e. The molecule has 0 spiro atoms. The summed E-state index contributed by atoms with van der Waals surface area (Å²) in [5.74, 6) is -1.36. The second-order valence-corrected chi connectivity index (χ2v) is 9.61. The first-order valence-corrected chi connectivity index (χ1v) is 12.6. The summed E-state index contributed by atoms with van der Waals surface area (Å²) in [5, 5.41) is 3.87. The van der Waals surface area contributed by atoms with Gasteiger partial charge in [0.1, 0.15) is 5.82 Å². The zero-order chi connectivity index (χ0) is 23.0. The number of carbonyl (C=O) groups excluding carboxylic acids is 1. The van der Waals surface area contributed by atoms with E-state index in [1.807, 2.05) is 0 Å². The van der Waals surface area contributed by atoms with E-state index in [2.05, 4.69) is 20.7 Å². The van der Waals surface area contributed by atoms with Gasteiger partial charge in [0.2, 0.25) is 0 Å². The Balaban J connectivity index is 1.30. The van der Waals surface area contributed by atoms with E-state index in [9.17, 15) is 9.18 Å². The van der Waals surface area contributed by atoms with Gasteiger partial charge < -0.3 is 10.1 Å². The van der Waals surface area contributed by atoms with Gasteiger partial charge in [0, 0.05) is 37.9 Å². The number of nitrogens with zero attached hydrogens (tertiary/aromatic N) is 2. The van der Waals surface area contributed by atoms with E-state index in [1.165, 1.54) is 38.3 Å². The third-order valence-corrected chi connectivity index (χ3v) is 6.97. The number of aromatic nitrogens is 1. The molecule has 1 amide bonds. The third-order valence-electron chi connectivity index (χ3n) is 6.68. The normalized spacial score (nSPS) is 25.6. The molecule has 1 aliphatic carbocycles. The largest absolute Gasteiger partial charge is 0.365 e. The van der Waals surface area contributed by atoms with Gasteiger partial charge in [-0.2, -0.15) is 0 Å². The van der Waals surface area contributed by atoms with E-state index >= 15 is 0 Å². The van der Waals surface area contributed by atoms with Crippen LogP contribution in [0.3, 0.4) is 0 Å². The van der Waals surface area contributed by atoms with Gasteiger partial charge in [-0.05, 0) is 62.8 Å². The zero-order valence-electron chi connectivity index (χ0n) is 19.0. The predicted octanol–water partition coefficient (Wildman–Crippen LogP) is 4.83. The summed E-state index contributed by atoms with van der Waals surface area (Å²) in [5.41, 5.74) is 2.51. The van der Waals surface area contributed by atoms with E-state index in [4.69, 9.17) is 21.2 Å². The molecular formula is C24H34ClFN4O3. The number of hydrogen-bond acceptors (Lipinski definition) is 6. The quantitative estimate of drug-likeness (QED) is 0.430. The molecule has 1 aromatic heterocycles. The molecule has 3 fully saturated rings. The molecule has 7 nitrogen and oxygen atoms in total. The van der Waals surface area contributed by atoms with Crippen molar-refractivity contribution in [2.24, 2.45) is 0 Å². The molecule has 4 rings (SSSR count). The molecule has 3 heterocycles. The number of carbonyl (C=O) groups is 1. The molecule has 0 radical (unpaired) electrons. The lowest BCUT2D eigenvalue weighted by Crippen LogP contribution is -2.47. The van der Waals surface area contributed by atoms with Crippen molar-refractivity contribution in [3.05, 3.63) is 28.7 Å². The van der Waals surface area contributed by atoms with Crippen LogP contribution in [0.1, 0.15) is 69.8 Å². The smallest absolute Gasteiger partial charge is 0.303 e. The Morgan fingerprint density at radius 1 is 1.18 bits per heavy atom. The number of nitrogens with one attached hydrogen (secondary N) is 2. The Labute approximate surface area is 200 Å². The number of likely N-dealkylation sites (tertiary alicyclic amines) is 1. The first-order valence-electron chi connectivity index (χ1n) is 12.2. The van der Waals surface area contributed by atoms with E-state index in [0.29, 0.717) is 35.5 Å². The fourth-order valence-electron chi connectivity index (χ4n) is 4.92. The molecule has 9 heteroatoms. The van der Waals surface area contributed by atoms with Crippen molar-refractivity contribution in [1.82, 2.24) is 15.4 Å². The summed E-state index contributed by atoms with van der Waals surface area (Å²) in [4.78, 5) is 24.1. The van der Waals surface area contributed by atoms with Gasteiger partial charge in [0.15, 0.2) is 12.1 Å². The molecule has 2 atom stereocenters. The van der Waals surface area contributed by atoms with Crippen molar-refractivity contribution >= 4 is 29.4 Å². The molecule has 2 N–H and O–H groups in total. The standard InChI is InChI=1S/C24H34ClFN4O3/c25-20-13-17(14-21(26)24(31)29-33-22-10-4-5-12-32-22)15-27-23(20)28-18-7-6-11-30(16-18)19-8-2-1-3-9-19/h13-15,18-19,22H,1-12,16H2,(H,27,28)(H,29,31)/t18-,22?/m1/s1. The Kier molecular flexibility index (Phi) is 8.95. The van der Waals surface area contributed by atoms with Crippen LogP contribution in [0.4, 0.5) is 10.2 Å². The Morgan fingerprint density at radius 3 is 2.76 bits per heavy atom.